The zero-order chi connectivity index (χ0) is 23.3. The summed E-state index contributed by atoms with van der Waals surface area (Å²) in [6.07, 6.45) is 2.81. The average molecular weight is 470 g/mol. The standard InChI is InChI=1S/C29H31N3OS/c1-32(2)19-10-20-33-24(18-17-21-11-4-3-5-12-21)29-27-22-13-6-8-15-25(22)34-26-16-9-7-14-23(26)28(27)30-31-29/h3-9,11-16,24H,10,17-20H2,1-2H3,(H,30,31). The monoisotopic (exact) mass is 469 g/mol. The molecule has 3 aromatic carbocycles. The van der Waals surface area contributed by atoms with Crippen LogP contribution < -0.4 is 0 Å². The highest BCUT2D eigenvalue weighted by molar-refractivity contribution is 7.99. The molecule has 0 aliphatic carbocycles. The molecule has 0 radical (unpaired) electrons. The Balaban J connectivity index is 1.53. The summed E-state index contributed by atoms with van der Waals surface area (Å²) in [7, 11) is 4.21. The second-order valence-electron chi connectivity index (χ2n) is 9.00. The molecule has 1 N–H and O–H groups in total. The van der Waals surface area contributed by atoms with Gasteiger partial charge in [0.2, 0.25) is 0 Å². The summed E-state index contributed by atoms with van der Waals surface area (Å²) < 4.78 is 6.56. The quantitative estimate of drug-likeness (QED) is 0.240. The molecule has 0 amide bonds. The molecule has 1 atom stereocenters. The predicted octanol–water partition coefficient (Wildman–Crippen LogP) is 6.85. The molecule has 4 aromatic rings. The fourth-order valence-corrected chi connectivity index (χ4v) is 5.63. The van der Waals surface area contributed by atoms with Gasteiger partial charge in [0, 0.05) is 27.5 Å². The highest BCUT2D eigenvalue weighted by atomic mass is 32.2. The molecule has 1 aliphatic rings. The van der Waals surface area contributed by atoms with Crippen molar-refractivity contribution in [2.75, 3.05) is 27.2 Å². The number of H-pyrrole nitrogens is 1. The van der Waals surface area contributed by atoms with E-state index >= 15 is 0 Å². The van der Waals surface area contributed by atoms with E-state index in [2.05, 4.69) is 103 Å². The van der Waals surface area contributed by atoms with E-state index in [0.717, 1.165) is 43.8 Å². The Morgan fingerprint density at radius 2 is 1.56 bits per heavy atom. The minimum absolute atomic E-state index is 0.0538. The molecule has 0 bridgehead atoms. The number of rotatable bonds is 9. The van der Waals surface area contributed by atoms with Gasteiger partial charge >= 0.3 is 0 Å². The smallest absolute Gasteiger partial charge is 0.101 e. The molecule has 1 aliphatic heterocycles. The van der Waals surface area contributed by atoms with Crippen molar-refractivity contribution in [3.63, 3.8) is 0 Å². The van der Waals surface area contributed by atoms with E-state index in [-0.39, 0.29) is 6.10 Å². The Morgan fingerprint density at radius 3 is 2.32 bits per heavy atom. The maximum atomic E-state index is 6.56. The zero-order valence-electron chi connectivity index (χ0n) is 19.8. The summed E-state index contributed by atoms with van der Waals surface area (Å²) in [5, 5.41) is 8.28. The molecule has 2 heterocycles. The zero-order valence-corrected chi connectivity index (χ0v) is 20.6. The van der Waals surface area contributed by atoms with Crippen LogP contribution in [-0.2, 0) is 11.2 Å². The van der Waals surface area contributed by atoms with E-state index in [9.17, 15) is 0 Å². The molecule has 5 heteroatoms. The lowest BCUT2D eigenvalue weighted by Gasteiger charge is -2.20. The van der Waals surface area contributed by atoms with Crippen molar-refractivity contribution in [1.29, 1.82) is 0 Å². The number of ether oxygens (including phenoxy) is 1. The van der Waals surface area contributed by atoms with Crippen LogP contribution in [0.2, 0.25) is 0 Å². The molecule has 5 rings (SSSR count). The molecular formula is C29H31N3OS. The molecule has 174 valence electrons. The minimum Gasteiger partial charge on any atom is -0.372 e. The lowest BCUT2D eigenvalue weighted by atomic mass is 9.95. The van der Waals surface area contributed by atoms with Crippen molar-refractivity contribution in [3.8, 4) is 22.4 Å². The van der Waals surface area contributed by atoms with Crippen molar-refractivity contribution < 1.29 is 4.74 Å². The number of benzene rings is 3. The summed E-state index contributed by atoms with van der Waals surface area (Å²) in [5.41, 5.74) is 7.01. The third-order valence-corrected chi connectivity index (χ3v) is 7.39. The van der Waals surface area contributed by atoms with Gasteiger partial charge < -0.3 is 9.64 Å². The van der Waals surface area contributed by atoms with Gasteiger partial charge in [-0.1, -0.05) is 78.5 Å². The van der Waals surface area contributed by atoms with Crippen LogP contribution in [-0.4, -0.2) is 42.3 Å². The number of aryl methyl sites for hydroxylation is 1. The van der Waals surface area contributed by atoms with Crippen LogP contribution in [0.3, 0.4) is 0 Å². The van der Waals surface area contributed by atoms with Gasteiger partial charge in [0.1, 0.15) is 5.69 Å². The van der Waals surface area contributed by atoms with Crippen LogP contribution in [0.25, 0.3) is 22.4 Å². The second kappa shape index (κ2) is 10.6. The third-order valence-electron chi connectivity index (χ3n) is 6.24. The van der Waals surface area contributed by atoms with Crippen molar-refractivity contribution in [2.45, 2.75) is 35.2 Å². The fraction of sp³-hybridized carbons (Fsp3) is 0.276. The topological polar surface area (TPSA) is 41.1 Å². The Hall–Kier alpha value is -2.86. The van der Waals surface area contributed by atoms with Crippen molar-refractivity contribution in [3.05, 3.63) is 90.1 Å². The van der Waals surface area contributed by atoms with Gasteiger partial charge in [-0.15, -0.1) is 0 Å². The van der Waals surface area contributed by atoms with Gasteiger partial charge in [0.15, 0.2) is 0 Å². The summed E-state index contributed by atoms with van der Waals surface area (Å²) in [5.74, 6) is 0. The summed E-state index contributed by atoms with van der Waals surface area (Å²) in [6.45, 7) is 1.73. The number of aromatic nitrogens is 2. The molecule has 1 aromatic heterocycles. The van der Waals surface area contributed by atoms with Gasteiger partial charge in [-0.05, 0) is 63.2 Å². The van der Waals surface area contributed by atoms with E-state index in [4.69, 9.17) is 9.84 Å². The van der Waals surface area contributed by atoms with Gasteiger partial charge in [0.05, 0.1) is 11.8 Å². The maximum Gasteiger partial charge on any atom is 0.101 e. The lowest BCUT2D eigenvalue weighted by Crippen LogP contribution is -2.16. The Labute approximate surface area is 206 Å². The first-order valence-corrected chi connectivity index (χ1v) is 12.8. The fourth-order valence-electron chi connectivity index (χ4n) is 4.55. The number of aromatic amines is 1. The van der Waals surface area contributed by atoms with E-state index < -0.39 is 0 Å². The summed E-state index contributed by atoms with van der Waals surface area (Å²) >= 11 is 1.82. The predicted molar refractivity (Wildman–Crippen MR) is 140 cm³/mol. The van der Waals surface area contributed by atoms with E-state index in [0.29, 0.717) is 0 Å². The van der Waals surface area contributed by atoms with Crippen molar-refractivity contribution >= 4 is 11.8 Å². The molecular weight excluding hydrogens is 438 g/mol. The molecule has 4 nitrogen and oxygen atoms in total. The molecule has 0 saturated heterocycles. The van der Waals surface area contributed by atoms with Crippen LogP contribution in [0.15, 0.2) is 88.7 Å². The van der Waals surface area contributed by atoms with Gasteiger partial charge in [0.25, 0.3) is 0 Å². The van der Waals surface area contributed by atoms with Crippen LogP contribution >= 0.6 is 11.8 Å². The first-order chi connectivity index (χ1) is 16.7. The molecule has 0 saturated carbocycles. The highest BCUT2D eigenvalue weighted by Crippen LogP contribution is 2.49. The largest absolute Gasteiger partial charge is 0.372 e. The van der Waals surface area contributed by atoms with Gasteiger partial charge in [-0.25, -0.2) is 0 Å². The average Bonchev–Trinajstić information content (AvgIpc) is 3.23. The SMILES string of the molecule is CN(C)CCCOC(CCc1ccccc1)c1[nH]nc2c1-c1ccccc1Sc1ccccc1-2. The van der Waals surface area contributed by atoms with Crippen LogP contribution in [0.1, 0.15) is 30.2 Å². The van der Waals surface area contributed by atoms with E-state index in [1.807, 2.05) is 11.8 Å². The van der Waals surface area contributed by atoms with Gasteiger partial charge in [-0.3, -0.25) is 5.10 Å². The summed E-state index contributed by atoms with van der Waals surface area (Å²) in [6, 6.07) is 27.9. The molecule has 34 heavy (non-hydrogen) atoms. The maximum absolute atomic E-state index is 6.56. The number of nitrogens with one attached hydrogen (secondary N) is 1. The summed E-state index contributed by atoms with van der Waals surface area (Å²) in [4.78, 5) is 4.69. The Bertz CT molecular complexity index is 1240. The number of nitrogens with zero attached hydrogens (tertiary/aromatic N) is 2. The van der Waals surface area contributed by atoms with E-state index in [1.165, 1.54) is 32.0 Å². The van der Waals surface area contributed by atoms with E-state index in [1.54, 1.807) is 0 Å². The second-order valence-corrected chi connectivity index (χ2v) is 10.1. The number of hydrogen-bond donors (Lipinski definition) is 1. The van der Waals surface area contributed by atoms with Crippen LogP contribution in [0.4, 0.5) is 0 Å². The van der Waals surface area contributed by atoms with Crippen molar-refractivity contribution in [1.82, 2.24) is 15.1 Å². The first kappa shape index (κ1) is 22.9. The Kier molecular flexibility index (Phi) is 7.14. The van der Waals surface area contributed by atoms with Crippen LogP contribution in [0.5, 0.6) is 0 Å². The van der Waals surface area contributed by atoms with Gasteiger partial charge in [-0.2, -0.15) is 5.10 Å². The van der Waals surface area contributed by atoms with Crippen molar-refractivity contribution in [2.24, 2.45) is 0 Å². The van der Waals surface area contributed by atoms with Crippen LogP contribution in [0, 0.1) is 0 Å². The minimum atomic E-state index is -0.0538. The molecule has 0 fully saturated rings. The number of fused-ring (bicyclic) bond motifs is 5. The highest BCUT2D eigenvalue weighted by Gasteiger charge is 2.28. The molecule has 1 unspecified atom stereocenters. The Morgan fingerprint density at radius 1 is 0.882 bits per heavy atom. The third kappa shape index (κ3) is 4.97. The number of hydrogen-bond acceptors (Lipinski definition) is 4. The normalized spacial score (nSPS) is 13.1. The molecule has 0 spiro atoms. The lowest BCUT2D eigenvalue weighted by molar-refractivity contribution is 0.0400. The first-order valence-electron chi connectivity index (χ1n) is 12.0.